The number of rotatable bonds is 7. The Morgan fingerprint density at radius 3 is 2.35 bits per heavy atom. The molecule has 0 aromatic carbocycles. The number of nitrogens with one attached hydrogen (secondary N) is 1. The van der Waals surface area contributed by atoms with Crippen LogP contribution in [0.2, 0.25) is 0 Å². The van der Waals surface area contributed by atoms with Crippen LogP contribution in [-0.4, -0.2) is 65.4 Å². The van der Waals surface area contributed by atoms with Crippen molar-refractivity contribution in [2.75, 3.05) is 14.2 Å². The van der Waals surface area contributed by atoms with Crippen LogP contribution in [0, 0.1) is 17.8 Å². The number of aliphatic hydroxyl groups excluding tert-OH is 1. The number of aliphatic imine (C=N–C) groups is 3. The zero-order chi connectivity index (χ0) is 34.8. The number of aldehydes is 1. The maximum absolute atomic E-state index is 13.4. The normalized spacial score (nSPS) is 26.7. The average Bonchev–Trinajstić information content (AvgIpc) is 3.79. The number of nitrogens with zero attached hydrogens (tertiary/aromatic N) is 3. The minimum Gasteiger partial charge on any atom is -0.507 e. The fraction of sp³-hybridized carbons (Fsp3) is 0.405. The van der Waals surface area contributed by atoms with Gasteiger partial charge in [0.15, 0.2) is 5.76 Å². The highest BCUT2D eigenvalue weighted by atomic mass is 16.5. The van der Waals surface area contributed by atoms with Gasteiger partial charge in [-0.3, -0.25) is 4.79 Å². The van der Waals surface area contributed by atoms with Gasteiger partial charge in [0.2, 0.25) is 5.60 Å². The van der Waals surface area contributed by atoms with Gasteiger partial charge in [-0.1, -0.05) is 20.8 Å². The molecule has 0 aromatic rings. The van der Waals surface area contributed by atoms with Crippen LogP contribution in [0.4, 0.5) is 0 Å². The number of carbonyl (C=O) groups excluding carboxylic acids is 3. The fourth-order valence-corrected chi connectivity index (χ4v) is 7.57. The lowest BCUT2D eigenvalue weighted by molar-refractivity contribution is -0.156. The number of carbonyl (C=O) groups is 3. The van der Waals surface area contributed by atoms with Gasteiger partial charge in [0, 0.05) is 46.7 Å². The molecular formula is C37H40N4O7. The first-order valence-corrected chi connectivity index (χ1v) is 16.1. The minimum atomic E-state index is -2.55. The van der Waals surface area contributed by atoms with E-state index in [1.165, 1.54) is 7.11 Å². The lowest BCUT2D eigenvalue weighted by atomic mass is 9.83. The Bertz CT molecular complexity index is 1940. The van der Waals surface area contributed by atoms with Gasteiger partial charge < -0.3 is 29.8 Å². The molecule has 1 unspecified atom stereocenters. The Hall–Kier alpha value is -4.90. The van der Waals surface area contributed by atoms with Gasteiger partial charge in [0.25, 0.3) is 0 Å². The van der Waals surface area contributed by atoms with Crippen molar-refractivity contribution in [2.24, 2.45) is 32.7 Å². The summed E-state index contributed by atoms with van der Waals surface area (Å²) < 4.78 is 10.0. The molecule has 5 heterocycles. The largest absolute Gasteiger partial charge is 0.507 e. The van der Waals surface area contributed by atoms with Gasteiger partial charge in [-0.15, -0.1) is 0 Å². The van der Waals surface area contributed by atoms with E-state index in [2.05, 4.69) is 5.32 Å². The van der Waals surface area contributed by atoms with E-state index in [-0.39, 0.29) is 29.2 Å². The number of esters is 2. The van der Waals surface area contributed by atoms with E-state index in [0.717, 1.165) is 41.4 Å². The minimum absolute atomic E-state index is 0.0701. The zero-order valence-electron chi connectivity index (χ0n) is 28.4. The first kappa shape index (κ1) is 33.0. The maximum atomic E-state index is 13.4. The molecule has 1 fully saturated rings. The summed E-state index contributed by atoms with van der Waals surface area (Å²) in [6.07, 6.45) is 7.65. The van der Waals surface area contributed by atoms with Crippen molar-refractivity contribution >= 4 is 35.4 Å². The van der Waals surface area contributed by atoms with Crippen LogP contribution in [0.3, 0.4) is 0 Å². The molecule has 11 heteroatoms. The second-order valence-corrected chi connectivity index (χ2v) is 12.9. The number of allylic oxidation sites excluding steroid dienone is 11. The molecule has 0 spiro atoms. The molecule has 250 valence electrons. The monoisotopic (exact) mass is 652 g/mol. The highest BCUT2D eigenvalue weighted by Gasteiger charge is 2.59. The summed E-state index contributed by atoms with van der Waals surface area (Å²) in [5.41, 5.74) is 6.60. The Morgan fingerprint density at radius 1 is 1.02 bits per heavy atom. The standard InChI is InChI=1S/C37H40N4O7/c1-9-21-17(3)23-14-28-30(16(2)15-42)19(5)25(39-28)12-24-18(4)22(10-11-29(43)47-7)33(40-24)32-34-31(35(44)37(32,46)36(45)48-8)20(6)26(41-34)13-27(21)38-23/h12-16,18,22,40,44,46H,9-11H2,1-8H3/t16?,18-,22-,37+/m0/s1. The van der Waals surface area contributed by atoms with E-state index >= 15 is 0 Å². The predicted molar refractivity (Wildman–Crippen MR) is 181 cm³/mol. The molecule has 0 aromatic heterocycles. The summed E-state index contributed by atoms with van der Waals surface area (Å²) in [6.45, 7) is 11.6. The molecule has 6 aliphatic rings. The van der Waals surface area contributed by atoms with E-state index in [1.807, 2.05) is 52.8 Å². The quantitative estimate of drug-likeness (QED) is 0.257. The summed E-state index contributed by atoms with van der Waals surface area (Å²) >= 11 is 0. The van der Waals surface area contributed by atoms with Crippen molar-refractivity contribution in [3.63, 3.8) is 0 Å². The van der Waals surface area contributed by atoms with Crippen LogP contribution in [0.15, 0.2) is 106 Å². The van der Waals surface area contributed by atoms with Gasteiger partial charge in [-0.25, -0.2) is 19.8 Å². The highest BCUT2D eigenvalue weighted by molar-refractivity contribution is 6.26. The van der Waals surface area contributed by atoms with Crippen LogP contribution < -0.4 is 5.32 Å². The van der Waals surface area contributed by atoms with E-state index in [0.29, 0.717) is 52.6 Å². The summed E-state index contributed by atoms with van der Waals surface area (Å²) in [5.74, 6) is -3.15. The first-order valence-electron chi connectivity index (χ1n) is 16.1. The SMILES string of the molecule is CCC1=C(C)C2=NC1=CC1=C(C)C3=C(O)[C@@](O)(C(=O)OC)C(=C4NC(=CC5=NC(=C2)C(C(C)C=O)=C5C)[C@@H](C)[C@@H]4CCC(=O)OC)C3=N1. The van der Waals surface area contributed by atoms with Crippen LogP contribution in [0.25, 0.3) is 0 Å². The molecule has 3 N–H and O–H groups in total. The van der Waals surface area contributed by atoms with Crippen molar-refractivity contribution in [3.05, 3.63) is 91.5 Å². The van der Waals surface area contributed by atoms with Crippen LogP contribution in [0.5, 0.6) is 0 Å². The van der Waals surface area contributed by atoms with Crippen LogP contribution in [-0.2, 0) is 23.9 Å². The van der Waals surface area contributed by atoms with Crippen molar-refractivity contribution in [2.45, 2.75) is 66.4 Å². The number of aliphatic hydroxyl groups is 2. The molecule has 5 aliphatic heterocycles. The molecule has 0 radical (unpaired) electrons. The molecule has 48 heavy (non-hydrogen) atoms. The van der Waals surface area contributed by atoms with E-state index in [1.54, 1.807) is 6.92 Å². The van der Waals surface area contributed by atoms with Gasteiger partial charge in [0.1, 0.15) is 6.29 Å². The van der Waals surface area contributed by atoms with E-state index in [4.69, 9.17) is 24.5 Å². The van der Waals surface area contributed by atoms with Crippen molar-refractivity contribution in [1.82, 2.24) is 5.32 Å². The van der Waals surface area contributed by atoms with Gasteiger partial charge in [-0.05, 0) is 79.7 Å². The lowest BCUT2D eigenvalue weighted by Crippen LogP contribution is -2.44. The summed E-state index contributed by atoms with van der Waals surface area (Å²) in [6, 6.07) is 0. The number of ether oxygens (including phenoxy) is 2. The smallest absolute Gasteiger partial charge is 0.350 e. The molecule has 1 aliphatic carbocycles. The van der Waals surface area contributed by atoms with Crippen LogP contribution in [0.1, 0.15) is 60.8 Å². The second kappa shape index (κ2) is 12.0. The molecule has 0 amide bonds. The number of hydrogen-bond acceptors (Lipinski definition) is 11. The maximum Gasteiger partial charge on any atom is 0.350 e. The topological polar surface area (TPSA) is 159 Å². The second-order valence-electron chi connectivity index (χ2n) is 12.9. The summed E-state index contributed by atoms with van der Waals surface area (Å²) in [7, 11) is 2.47. The van der Waals surface area contributed by atoms with Crippen LogP contribution >= 0.6 is 0 Å². The molecular weight excluding hydrogens is 612 g/mol. The third kappa shape index (κ3) is 4.74. The molecule has 0 saturated carbocycles. The Balaban J connectivity index is 1.69. The molecule has 8 bridgehead atoms. The molecule has 11 nitrogen and oxygen atoms in total. The van der Waals surface area contributed by atoms with Gasteiger partial charge in [-0.2, -0.15) is 0 Å². The third-order valence-electron chi connectivity index (χ3n) is 10.3. The van der Waals surface area contributed by atoms with Gasteiger partial charge in [0.05, 0.1) is 48.4 Å². The Labute approximate surface area is 279 Å². The predicted octanol–water partition coefficient (Wildman–Crippen LogP) is 4.96. The number of hydrogen-bond donors (Lipinski definition) is 3. The first-order chi connectivity index (χ1) is 22.8. The van der Waals surface area contributed by atoms with Gasteiger partial charge >= 0.3 is 11.9 Å². The molecule has 4 atom stereocenters. The molecule has 6 rings (SSSR count). The van der Waals surface area contributed by atoms with Crippen molar-refractivity contribution in [3.8, 4) is 0 Å². The highest BCUT2D eigenvalue weighted by Crippen LogP contribution is 2.50. The molecule has 1 saturated heterocycles. The fourth-order valence-electron chi connectivity index (χ4n) is 7.57. The average molecular weight is 653 g/mol. The zero-order valence-corrected chi connectivity index (χ0v) is 28.4. The van der Waals surface area contributed by atoms with E-state index < -0.39 is 35.1 Å². The Morgan fingerprint density at radius 2 is 1.71 bits per heavy atom. The summed E-state index contributed by atoms with van der Waals surface area (Å²) in [5, 5.41) is 27.3. The lowest BCUT2D eigenvalue weighted by Gasteiger charge is -2.26. The third-order valence-corrected chi connectivity index (χ3v) is 10.3. The van der Waals surface area contributed by atoms with Crippen molar-refractivity contribution < 1.29 is 34.1 Å². The summed E-state index contributed by atoms with van der Waals surface area (Å²) in [4.78, 5) is 52.8. The van der Waals surface area contributed by atoms with Crippen molar-refractivity contribution in [1.29, 1.82) is 0 Å². The van der Waals surface area contributed by atoms with E-state index in [9.17, 15) is 24.6 Å². The Kier molecular flexibility index (Phi) is 8.23. The number of methoxy groups -OCH3 is 2. The number of fused-ring (bicyclic) bond motifs is 5.